The first kappa shape index (κ1) is 13.6. The Labute approximate surface area is 123 Å². The summed E-state index contributed by atoms with van der Waals surface area (Å²) in [7, 11) is 0. The zero-order valence-electron chi connectivity index (χ0n) is 12.2. The molecule has 0 radical (unpaired) electrons. The fourth-order valence-corrected chi connectivity index (χ4v) is 2.51. The van der Waals surface area contributed by atoms with E-state index in [1.807, 2.05) is 24.3 Å². The number of nitrogens with zero attached hydrogens (tertiary/aromatic N) is 2. The Balaban J connectivity index is 2.22. The van der Waals surface area contributed by atoms with Crippen LogP contribution in [0.1, 0.15) is 13.8 Å². The van der Waals surface area contributed by atoms with Gasteiger partial charge in [-0.3, -0.25) is 0 Å². The Morgan fingerprint density at radius 1 is 1.14 bits per heavy atom. The molecule has 0 amide bonds. The van der Waals surface area contributed by atoms with Crippen LogP contribution in [0.3, 0.4) is 0 Å². The number of aromatic nitrogens is 2. The van der Waals surface area contributed by atoms with Crippen LogP contribution in [0.5, 0.6) is 0 Å². The van der Waals surface area contributed by atoms with E-state index in [1.54, 1.807) is 6.07 Å². The van der Waals surface area contributed by atoms with Crippen LogP contribution in [0.15, 0.2) is 42.5 Å². The van der Waals surface area contributed by atoms with Crippen LogP contribution >= 0.6 is 0 Å². The van der Waals surface area contributed by atoms with E-state index in [2.05, 4.69) is 23.4 Å². The van der Waals surface area contributed by atoms with Gasteiger partial charge in [-0.25, -0.2) is 9.37 Å². The number of rotatable bonds is 3. The lowest BCUT2D eigenvalue weighted by molar-refractivity contribution is 0.536. The van der Waals surface area contributed by atoms with Crippen molar-refractivity contribution in [1.82, 2.24) is 9.55 Å². The number of fused-ring (bicyclic) bond motifs is 1. The highest BCUT2D eigenvalue weighted by Crippen LogP contribution is 2.27. The van der Waals surface area contributed by atoms with Gasteiger partial charge in [-0.1, -0.05) is 13.8 Å². The molecule has 1 aromatic heterocycles. The molecule has 3 aromatic rings. The van der Waals surface area contributed by atoms with Crippen LogP contribution in [-0.2, 0) is 6.54 Å². The quantitative estimate of drug-likeness (QED) is 0.736. The summed E-state index contributed by atoms with van der Waals surface area (Å²) in [6.07, 6.45) is 0. The second-order valence-electron chi connectivity index (χ2n) is 5.69. The summed E-state index contributed by atoms with van der Waals surface area (Å²) < 4.78 is 15.6. The van der Waals surface area contributed by atoms with Crippen LogP contribution in [0.25, 0.3) is 22.4 Å². The first-order valence-electron chi connectivity index (χ1n) is 7.06. The summed E-state index contributed by atoms with van der Waals surface area (Å²) in [6, 6.07) is 12.4. The highest BCUT2D eigenvalue weighted by Gasteiger charge is 2.14. The van der Waals surface area contributed by atoms with Crippen molar-refractivity contribution in [1.29, 1.82) is 0 Å². The van der Waals surface area contributed by atoms with Gasteiger partial charge in [-0.2, -0.15) is 0 Å². The van der Waals surface area contributed by atoms with E-state index in [-0.39, 0.29) is 5.82 Å². The molecule has 0 aliphatic rings. The maximum absolute atomic E-state index is 13.4. The molecule has 0 aliphatic heterocycles. The maximum atomic E-state index is 13.4. The number of nitrogens with two attached hydrogens (primary N) is 1. The summed E-state index contributed by atoms with van der Waals surface area (Å²) in [5.74, 6) is 1.06. The smallest absolute Gasteiger partial charge is 0.141 e. The maximum Gasteiger partial charge on any atom is 0.141 e. The van der Waals surface area contributed by atoms with Gasteiger partial charge < -0.3 is 10.3 Å². The monoisotopic (exact) mass is 283 g/mol. The Morgan fingerprint density at radius 2 is 1.86 bits per heavy atom. The van der Waals surface area contributed by atoms with Crippen molar-refractivity contribution in [3.63, 3.8) is 0 Å². The highest BCUT2D eigenvalue weighted by atomic mass is 19.1. The topological polar surface area (TPSA) is 43.8 Å². The van der Waals surface area contributed by atoms with Gasteiger partial charge in [0.1, 0.15) is 11.6 Å². The lowest BCUT2D eigenvalue weighted by atomic mass is 10.1. The first-order valence-corrected chi connectivity index (χ1v) is 7.06. The fraction of sp³-hybridized carbons (Fsp3) is 0.235. The molecule has 21 heavy (non-hydrogen) atoms. The van der Waals surface area contributed by atoms with Crippen molar-refractivity contribution in [3.05, 3.63) is 48.3 Å². The third kappa shape index (κ3) is 2.61. The van der Waals surface area contributed by atoms with Crippen LogP contribution in [0.2, 0.25) is 0 Å². The van der Waals surface area contributed by atoms with E-state index in [9.17, 15) is 4.39 Å². The molecule has 2 aromatic carbocycles. The van der Waals surface area contributed by atoms with Crippen molar-refractivity contribution in [3.8, 4) is 11.4 Å². The predicted molar refractivity (Wildman–Crippen MR) is 84.4 cm³/mol. The minimum atomic E-state index is -0.263. The van der Waals surface area contributed by atoms with E-state index in [4.69, 9.17) is 5.73 Å². The number of nitrogen functional groups attached to an aromatic ring is 1. The molecule has 0 atom stereocenters. The van der Waals surface area contributed by atoms with Crippen molar-refractivity contribution < 1.29 is 4.39 Å². The molecule has 3 nitrogen and oxygen atoms in total. The van der Waals surface area contributed by atoms with Gasteiger partial charge in [-0.05, 0) is 42.3 Å². The van der Waals surface area contributed by atoms with Crippen LogP contribution in [0, 0.1) is 11.7 Å². The Hall–Kier alpha value is -2.36. The molecular formula is C17H18FN3. The van der Waals surface area contributed by atoms with E-state index in [0.29, 0.717) is 11.4 Å². The van der Waals surface area contributed by atoms with E-state index < -0.39 is 0 Å². The number of hydrogen-bond acceptors (Lipinski definition) is 2. The van der Waals surface area contributed by atoms with Gasteiger partial charge in [0.2, 0.25) is 0 Å². The zero-order valence-corrected chi connectivity index (χ0v) is 12.2. The van der Waals surface area contributed by atoms with Gasteiger partial charge in [0.25, 0.3) is 0 Å². The fourth-order valence-electron chi connectivity index (χ4n) is 2.51. The van der Waals surface area contributed by atoms with Crippen molar-refractivity contribution >= 4 is 16.7 Å². The predicted octanol–water partition coefficient (Wildman–Crippen LogP) is 4.08. The number of hydrogen-bond donors (Lipinski definition) is 1. The standard InChI is InChI=1S/C17H18FN3/c1-11(2)10-21-16-8-5-13(18)9-15(16)20-17(21)12-3-6-14(19)7-4-12/h3-9,11H,10,19H2,1-2H3. The molecule has 0 aliphatic carbocycles. The average molecular weight is 283 g/mol. The summed E-state index contributed by atoms with van der Waals surface area (Å²) in [6.45, 7) is 5.14. The lowest BCUT2D eigenvalue weighted by Gasteiger charge is -2.12. The SMILES string of the molecule is CC(C)Cn1c(-c2ccc(N)cc2)nc2cc(F)ccc21. The molecule has 108 valence electrons. The molecule has 0 spiro atoms. The van der Waals surface area contributed by atoms with Gasteiger partial charge >= 0.3 is 0 Å². The third-order valence-corrected chi connectivity index (χ3v) is 3.43. The third-order valence-electron chi connectivity index (χ3n) is 3.43. The summed E-state index contributed by atoms with van der Waals surface area (Å²) >= 11 is 0. The molecule has 0 bridgehead atoms. The molecule has 0 saturated carbocycles. The minimum absolute atomic E-state index is 0.263. The summed E-state index contributed by atoms with van der Waals surface area (Å²) in [5, 5.41) is 0. The molecular weight excluding hydrogens is 265 g/mol. The van der Waals surface area contributed by atoms with Crippen LogP contribution in [0.4, 0.5) is 10.1 Å². The Kier molecular flexibility index (Phi) is 3.37. The molecule has 1 heterocycles. The second-order valence-corrected chi connectivity index (χ2v) is 5.69. The van der Waals surface area contributed by atoms with Gasteiger partial charge in [0.05, 0.1) is 11.0 Å². The van der Waals surface area contributed by atoms with Crippen molar-refractivity contribution in [2.45, 2.75) is 20.4 Å². The molecule has 0 unspecified atom stereocenters. The largest absolute Gasteiger partial charge is 0.399 e. The van der Waals surface area contributed by atoms with Gasteiger partial charge in [-0.15, -0.1) is 0 Å². The van der Waals surface area contributed by atoms with Crippen molar-refractivity contribution in [2.24, 2.45) is 5.92 Å². The highest BCUT2D eigenvalue weighted by molar-refractivity contribution is 5.81. The number of anilines is 1. The molecule has 2 N–H and O–H groups in total. The van der Waals surface area contributed by atoms with Gasteiger partial charge in [0.15, 0.2) is 0 Å². The number of benzene rings is 2. The second kappa shape index (κ2) is 5.20. The lowest BCUT2D eigenvalue weighted by Crippen LogP contribution is -2.06. The number of imidazole rings is 1. The van der Waals surface area contributed by atoms with Crippen molar-refractivity contribution in [2.75, 3.05) is 5.73 Å². The first-order chi connectivity index (χ1) is 10.0. The van der Waals surface area contributed by atoms with Crippen LogP contribution < -0.4 is 5.73 Å². The summed E-state index contributed by atoms with van der Waals surface area (Å²) in [5.41, 5.74) is 9.09. The molecule has 3 rings (SSSR count). The zero-order chi connectivity index (χ0) is 15.0. The van der Waals surface area contributed by atoms with E-state index >= 15 is 0 Å². The van der Waals surface area contributed by atoms with Crippen LogP contribution in [-0.4, -0.2) is 9.55 Å². The van der Waals surface area contributed by atoms with E-state index in [0.717, 1.165) is 29.1 Å². The Morgan fingerprint density at radius 3 is 2.52 bits per heavy atom. The minimum Gasteiger partial charge on any atom is -0.399 e. The average Bonchev–Trinajstić information content (AvgIpc) is 2.77. The molecule has 0 saturated heterocycles. The van der Waals surface area contributed by atoms with Gasteiger partial charge in [0, 0.05) is 23.9 Å². The molecule has 4 heteroatoms. The number of halogens is 1. The normalized spacial score (nSPS) is 11.4. The Bertz CT molecular complexity index is 773. The van der Waals surface area contributed by atoms with E-state index in [1.165, 1.54) is 12.1 Å². The summed E-state index contributed by atoms with van der Waals surface area (Å²) in [4.78, 5) is 4.61. The molecule has 0 fully saturated rings.